The zero-order valence-corrected chi connectivity index (χ0v) is 12.4. The van der Waals surface area contributed by atoms with Gasteiger partial charge in [0.25, 0.3) is 5.69 Å². The highest BCUT2D eigenvalue weighted by atomic mass is 16.7. The molecule has 0 spiro atoms. The highest BCUT2D eigenvalue weighted by molar-refractivity contribution is 5.56. The zero-order chi connectivity index (χ0) is 16.2. The van der Waals surface area contributed by atoms with E-state index in [9.17, 15) is 14.9 Å². The molecule has 0 saturated heterocycles. The van der Waals surface area contributed by atoms with Crippen molar-refractivity contribution >= 4 is 11.8 Å². The van der Waals surface area contributed by atoms with Crippen LogP contribution in [0.5, 0.6) is 0 Å². The molecule has 0 aromatic heterocycles. The number of nitro groups is 1. The molecule has 6 heteroatoms. The maximum absolute atomic E-state index is 10.5. The largest absolute Gasteiger partial charge is 0.506 e. The van der Waals surface area contributed by atoms with Gasteiger partial charge in [0.05, 0.1) is 4.92 Å². The number of allylic oxidation sites excluding steroid dienone is 1. The molecule has 0 radical (unpaired) electrons. The number of nitrogens with zero attached hydrogens (tertiary/aromatic N) is 1. The Labute approximate surface area is 129 Å². The minimum atomic E-state index is -1.25. The summed E-state index contributed by atoms with van der Waals surface area (Å²) in [5.74, 6) is 0. The van der Waals surface area contributed by atoms with Gasteiger partial charge in [-0.3, -0.25) is 10.1 Å². The Morgan fingerprint density at radius 1 is 1.14 bits per heavy atom. The van der Waals surface area contributed by atoms with Gasteiger partial charge in [-0.05, 0) is 31.2 Å². The number of carboxylic acid groups (broad SMARTS) is 1. The zero-order valence-electron chi connectivity index (χ0n) is 12.4. The van der Waals surface area contributed by atoms with Crippen molar-refractivity contribution in [2.45, 2.75) is 38.5 Å². The van der Waals surface area contributed by atoms with Crippen LogP contribution >= 0.6 is 0 Å². The standard InChI is InChI=1S/C16H21NO5/c18-16(19)22-13-7-5-3-1-2-4-6-8-14-9-11-15(12-10-14)17(20)21/h5,7,9-12H,1-4,6,8,13H2,(H,18,19). The van der Waals surface area contributed by atoms with Gasteiger partial charge in [0.15, 0.2) is 0 Å². The van der Waals surface area contributed by atoms with Crippen LogP contribution in [-0.2, 0) is 11.2 Å². The Balaban J connectivity index is 2.03. The highest BCUT2D eigenvalue weighted by Crippen LogP contribution is 2.14. The molecule has 0 fully saturated rings. The quantitative estimate of drug-likeness (QED) is 0.228. The molecule has 0 atom stereocenters. The lowest BCUT2D eigenvalue weighted by atomic mass is 10.1. The van der Waals surface area contributed by atoms with E-state index in [0.29, 0.717) is 0 Å². The van der Waals surface area contributed by atoms with Crippen molar-refractivity contribution in [1.82, 2.24) is 0 Å². The van der Waals surface area contributed by atoms with E-state index >= 15 is 0 Å². The number of rotatable bonds is 10. The van der Waals surface area contributed by atoms with Crippen LogP contribution in [-0.4, -0.2) is 22.8 Å². The van der Waals surface area contributed by atoms with Crippen molar-refractivity contribution < 1.29 is 19.6 Å². The molecule has 22 heavy (non-hydrogen) atoms. The SMILES string of the molecule is O=C(O)OCC=CCCCCCCc1ccc([N+](=O)[O-])cc1. The fourth-order valence-corrected chi connectivity index (χ4v) is 2.03. The van der Waals surface area contributed by atoms with Gasteiger partial charge in [-0.1, -0.05) is 37.1 Å². The van der Waals surface area contributed by atoms with Crippen molar-refractivity contribution in [2.24, 2.45) is 0 Å². The van der Waals surface area contributed by atoms with E-state index in [0.717, 1.165) is 44.1 Å². The third kappa shape index (κ3) is 8.04. The van der Waals surface area contributed by atoms with E-state index in [2.05, 4.69) is 4.74 Å². The fourth-order valence-electron chi connectivity index (χ4n) is 2.03. The fraction of sp³-hybridized carbons (Fsp3) is 0.438. The first-order chi connectivity index (χ1) is 10.6. The predicted octanol–water partition coefficient (Wildman–Crippen LogP) is 4.34. The number of aryl methyl sites for hydroxylation is 1. The minimum absolute atomic E-state index is 0.107. The van der Waals surface area contributed by atoms with Crippen molar-refractivity contribution in [3.63, 3.8) is 0 Å². The van der Waals surface area contributed by atoms with Gasteiger partial charge in [-0.15, -0.1) is 0 Å². The monoisotopic (exact) mass is 307 g/mol. The molecule has 6 nitrogen and oxygen atoms in total. The van der Waals surface area contributed by atoms with E-state index in [-0.39, 0.29) is 12.3 Å². The first-order valence-electron chi connectivity index (χ1n) is 7.33. The Kier molecular flexibility index (Phi) is 8.33. The first-order valence-corrected chi connectivity index (χ1v) is 7.33. The molecule has 1 N–H and O–H groups in total. The molecule has 0 heterocycles. The van der Waals surface area contributed by atoms with Crippen LogP contribution in [0.25, 0.3) is 0 Å². The molecule has 0 unspecified atom stereocenters. The topological polar surface area (TPSA) is 89.7 Å². The smallest absolute Gasteiger partial charge is 0.450 e. The van der Waals surface area contributed by atoms with Gasteiger partial charge < -0.3 is 9.84 Å². The van der Waals surface area contributed by atoms with E-state index < -0.39 is 11.1 Å². The van der Waals surface area contributed by atoms with Crippen molar-refractivity contribution in [3.8, 4) is 0 Å². The summed E-state index contributed by atoms with van der Waals surface area (Å²) in [7, 11) is 0. The Hall–Kier alpha value is -2.37. The van der Waals surface area contributed by atoms with Gasteiger partial charge in [0.1, 0.15) is 6.61 Å². The molecule has 0 aliphatic heterocycles. The molecular formula is C16H21NO5. The third-order valence-corrected chi connectivity index (χ3v) is 3.20. The van der Waals surface area contributed by atoms with Gasteiger partial charge in [0, 0.05) is 12.1 Å². The van der Waals surface area contributed by atoms with Crippen molar-refractivity contribution in [1.29, 1.82) is 0 Å². The Morgan fingerprint density at radius 3 is 2.45 bits per heavy atom. The van der Waals surface area contributed by atoms with Crippen LogP contribution in [0.2, 0.25) is 0 Å². The molecule has 0 bridgehead atoms. The van der Waals surface area contributed by atoms with Gasteiger partial charge in [-0.2, -0.15) is 0 Å². The lowest BCUT2D eigenvalue weighted by molar-refractivity contribution is -0.384. The molecule has 0 amide bonds. The maximum Gasteiger partial charge on any atom is 0.506 e. The second-order valence-electron chi connectivity index (χ2n) is 4.92. The molecule has 1 aromatic rings. The molecule has 1 rings (SSSR count). The summed E-state index contributed by atoms with van der Waals surface area (Å²) in [6, 6.07) is 6.70. The molecule has 0 aliphatic rings. The van der Waals surface area contributed by atoms with Gasteiger partial charge in [0.2, 0.25) is 0 Å². The van der Waals surface area contributed by atoms with Crippen molar-refractivity contribution in [2.75, 3.05) is 6.61 Å². The Morgan fingerprint density at radius 2 is 1.82 bits per heavy atom. The van der Waals surface area contributed by atoms with E-state index in [1.165, 1.54) is 0 Å². The number of ether oxygens (including phenoxy) is 1. The Bertz CT molecular complexity index is 496. The van der Waals surface area contributed by atoms with Crippen LogP contribution in [0.3, 0.4) is 0 Å². The van der Waals surface area contributed by atoms with E-state index in [1.54, 1.807) is 18.2 Å². The molecule has 0 aliphatic carbocycles. The molecule has 120 valence electrons. The number of non-ortho nitro benzene ring substituents is 1. The summed E-state index contributed by atoms with van der Waals surface area (Å²) in [5.41, 5.74) is 1.25. The predicted molar refractivity (Wildman–Crippen MR) is 83.0 cm³/mol. The number of nitro benzene ring substituents is 1. The lowest BCUT2D eigenvalue weighted by Crippen LogP contribution is -1.98. The first kappa shape index (κ1) is 17.7. The number of benzene rings is 1. The van der Waals surface area contributed by atoms with Crippen LogP contribution in [0, 0.1) is 10.1 Å². The summed E-state index contributed by atoms with van der Waals surface area (Å²) in [4.78, 5) is 20.2. The summed E-state index contributed by atoms with van der Waals surface area (Å²) in [6.45, 7) is 0.107. The van der Waals surface area contributed by atoms with E-state index in [4.69, 9.17) is 5.11 Å². The van der Waals surface area contributed by atoms with Gasteiger partial charge in [-0.25, -0.2) is 4.79 Å². The lowest BCUT2D eigenvalue weighted by Gasteiger charge is -2.01. The molecule has 0 saturated carbocycles. The van der Waals surface area contributed by atoms with Crippen LogP contribution in [0.15, 0.2) is 36.4 Å². The van der Waals surface area contributed by atoms with Crippen LogP contribution < -0.4 is 0 Å². The normalized spacial score (nSPS) is 10.7. The minimum Gasteiger partial charge on any atom is -0.450 e. The average Bonchev–Trinajstić information content (AvgIpc) is 2.49. The summed E-state index contributed by atoms with van der Waals surface area (Å²) in [5, 5.41) is 18.8. The molecule has 1 aromatic carbocycles. The molecular weight excluding hydrogens is 286 g/mol. The van der Waals surface area contributed by atoms with Crippen LogP contribution in [0.1, 0.15) is 37.7 Å². The number of hydrogen-bond acceptors (Lipinski definition) is 4. The average molecular weight is 307 g/mol. The van der Waals surface area contributed by atoms with Crippen LogP contribution in [0.4, 0.5) is 10.5 Å². The van der Waals surface area contributed by atoms with Gasteiger partial charge >= 0.3 is 6.16 Å². The third-order valence-electron chi connectivity index (χ3n) is 3.20. The number of carbonyl (C=O) groups is 1. The maximum atomic E-state index is 10.5. The highest BCUT2D eigenvalue weighted by Gasteiger charge is 2.03. The summed E-state index contributed by atoms with van der Waals surface area (Å²) < 4.78 is 4.35. The second-order valence-corrected chi connectivity index (χ2v) is 4.92. The van der Waals surface area contributed by atoms with E-state index in [1.807, 2.05) is 18.2 Å². The summed E-state index contributed by atoms with van der Waals surface area (Å²) >= 11 is 0. The number of unbranched alkanes of at least 4 members (excludes halogenated alkanes) is 4. The number of hydrogen-bond donors (Lipinski definition) is 1. The van der Waals surface area contributed by atoms with Crippen molar-refractivity contribution in [3.05, 3.63) is 52.1 Å². The second kappa shape index (κ2) is 10.4. The summed E-state index contributed by atoms with van der Waals surface area (Å²) in [6.07, 6.45) is 8.57.